The van der Waals surface area contributed by atoms with Gasteiger partial charge < -0.3 is 11.5 Å². The van der Waals surface area contributed by atoms with E-state index in [1.807, 2.05) is 0 Å². The highest BCUT2D eigenvalue weighted by atomic mass is 35.5. The number of carbonyl (C=O) groups excluding carboxylic acids is 1. The van der Waals surface area contributed by atoms with Crippen molar-refractivity contribution in [1.29, 1.82) is 0 Å². The number of hydrogen-bond donors (Lipinski definition) is 3. The molecule has 0 aliphatic carbocycles. The number of hydrogen-bond acceptors (Lipinski definition) is 5. The lowest BCUT2D eigenvalue weighted by molar-refractivity contribution is 0.0978. The van der Waals surface area contributed by atoms with Gasteiger partial charge in [-0.1, -0.05) is 37.0 Å². The standard InChI is InChI=1S/C14H15Cl2N5OS.CH5N/c1-7(2)5-21-6-9(13(22)19-14(17)23)12(20-21)8-3-10(15)18-11(16)4-8;1-2/h3-4,6-7H,5H2,1-2H3,(H3,17,19,22,23);2H2,1H3. The second-order valence-electron chi connectivity index (χ2n) is 5.33. The molecule has 0 radical (unpaired) electrons. The van der Waals surface area contributed by atoms with Crippen molar-refractivity contribution in [3.05, 3.63) is 34.2 Å². The van der Waals surface area contributed by atoms with Crippen molar-refractivity contribution in [1.82, 2.24) is 20.1 Å². The Labute approximate surface area is 161 Å². The molecule has 0 atom stereocenters. The van der Waals surface area contributed by atoms with Crippen molar-refractivity contribution in [2.24, 2.45) is 17.4 Å². The summed E-state index contributed by atoms with van der Waals surface area (Å²) in [6.07, 6.45) is 1.64. The molecule has 5 N–H and O–H groups in total. The Balaban J connectivity index is 0.00000151. The number of carbonyl (C=O) groups is 1. The summed E-state index contributed by atoms with van der Waals surface area (Å²) in [6.45, 7) is 4.76. The number of nitrogens with two attached hydrogens (primary N) is 2. The normalized spacial score (nSPS) is 10.2. The molecule has 0 saturated carbocycles. The fraction of sp³-hybridized carbons (Fsp3) is 0.333. The van der Waals surface area contributed by atoms with Gasteiger partial charge in [0.15, 0.2) is 5.11 Å². The number of amides is 1. The molecule has 136 valence electrons. The van der Waals surface area contributed by atoms with E-state index >= 15 is 0 Å². The lowest BCUT2D eigenvalue weighted by Gasteiger charge is -2.04. The molecule has 2 aromatic heterocycles. The van der Waals surface area contributed by atoms with Crippen LogP contribution in [0.25, 0.3) is 11.3 Å². The largest absolute Gasteiger partial charge is 0.376 e. The predicted molar refractivity (Wildman–Crippen MR) is 105 cm³/mol. The summed E-state index contributed by atoms with van der Waals surface area (Å²) in [5.41, 5.74) is 11.2. The van der Waals surface area contributed by atoms with E-state index in [2.05, 4.69) is 35.0 Å². The minimum Gasteiger partial charge on any atom is -0.376 e. The van der Waals surface area contributed by atoms with Gasteiger partial charge >= 0.3 is 0 Å². The Morgan fingerprint density at radius 3 is 2.36 bits per heavy atom. The van der Waals surface area contributed by atoms with Crippen LogP contribution in [0.3, 0.4) is 0 Å². The summed E-state index contributed by atoms with van der Waals surface area (Å²) in [6, 6.07) is 3.18. The SMILES string of the molecule is CC(C)Cn1cc(C(=O)NC(N)=S)c(-c2cc(Cl)nc(Cl)c2)n1.CN. The van der Waals surface area contributed by atoms with Gasteiger partial charge in [0, 0.05) is 18.3 Å². The monoisotopic (exact) mass is 402 g/mol. The lowest BCUT2D eigenvalue weighted by atomic mass is 10.1. The van der Waals surface area contributed by atoms with E-state index in [0.717, 1.165) is 0 Å². The molecule has 10 heteroatoms. The van der Waals surface area contributed by atoms with Crippen LogP contribution >= 0.6 is 35.4 Å². The van der Waals surface area contributed by atoms with Crippen LogP contribution < -0.4 is 16.8 Å². The van der Waals surface area contributed by atoms with Gasteiger partial charge in [-0.3, -0.25) is 14.8 Å². The fourth-order valence-electron chi connectivity index (χ4n) is 2.05. The van der Waals surface area contributed by atoms with E-state index < -0.39 is 5.91 Å². The molecule has 2 aromatic rings. The molecule has 2 rings (SSSR count). The van der Waals surface area contributed by atoms with Gasteiger partial charge in [0.05, 0.1) is 5.56 Å². The average Bonchev–Trinajstić information content (AvgIpc) is 2.91. The summed E-state index contributed by atoms with van der Waals surface area (Å²) >= 11 is 16.6. The first-order valence-corrected chi connectivity index (χ1v) is 8.52. The van der Waals surface area contributed by atoms with E-state index in [0.29, 0.717) is 29.3 Å². The van der Waals surface area contributed by atoms with E-state index in [-0.39, 0.29) is 15.4 Å². The molecule has 0 aliphatic heterocycles. The van der Waals surface area contributed by atoms with Crippen LogP contribution in [0.4, 0.5) is 0 Å². The molecular weight excluding hydrogens is 383 g/mol. The highest BCUT2D eigenvalue weighted by Gasteiger charge is 2.19. The van der Waals surface area contributed by atoms with Crippen molar-refractivity contribution >= 4 is 46.4 Å². The maximum Gasteiger partial charge on any atom is 0.261 e. The second kappa shape index (κ2) is 9.67. The summed E-state index contributed by atoms with van der Waals surface area (Å²) < 4.78 is 1.69. The number of rotatable bonds is 4. The van der Waals surface area contributed by atoms with Crippen LogP contribution in [0.5, 0.6) is 0 Å². The molecule has 1 amide bonds. The van der Waals surface area contributed by atoms with Crippen LogP contribution in [-0.2, 0) is 6.54 Å². The van der Waals surface area contributed by atoms with Crippen LogP contribution in [-0.4, -0.2) is 32.8 Å². The highest BCUT2D eigenvalue weighted by Crippen LogP contribution is 2.27. The third kappa shape index (κ3) is 6.24. The summed E-state index contributed by atoms with van der Waals surface area (Å²) in [5.74, 6) is -0.0783. The van der Waals surface area contributed by atoms with Crippen LogP contribution in [0.2, 0.25) is 10.3 Å². The Morgan fingerprint density at radius 2 is 1.88 bits per heavy atom. The van der Waals surface area contributed by atoms with Gasteiger partial charge in [0.25, 0.3) is 5.91 Å². The third-order valence-corrected chi connectivity index (χ3v) is 3.32. The quantitative estimate of drug-likeness (QED) is 0.534. The predicted octanol–water partition coefficient (Wildman–Crippen LogP) is 2.46. The zero-order valence-electron chi connectivity index (χ0n) is 14.1. The zero-order valence-corrected chi connectivity index (χ0v) is 16.4. The summed E-state index contributed by atoms with van der Waals surface area (Å²) in [4.78, 5) is 16.2. The number of pyridine rings is 1. The number of nitrogens with one attached hydrogen (secondary N) is 1. The number of aromatic nitrogens is 3. The number of thiocarbonyl (C=S) groups is 1. The van der Waals surface area contributed by atoms with E-state index in [9.17, 15) is 4.79 Å². The maximum atomic E-state index is 12.3. The molecule has 0 spiro atoms. The lowest BCUT2D eigenvalue weighted by Crippen LogP contribution is -2.34. The molecule has 0 saturated heterocycles. The van der Waals surface area contributed by atoms with Crippen LogP contribution in [0.15, 0.2) is 18.3 Å². The summed E-state index contributed by atoms with van der Waals surface area (Å²) in [5, 5.41) is 7.18. The molecule has 0 bridgehead atoms. The smallest absolute Gasteiger partial charge is 0.261 e. The van der Waals surface area contributed by atoms with Crippen molar-refractivity contribution in [3.8, 4) is 11.3 Å². The van der Waals surface area contributed by atoms with Gasteiger partial charge in [-0.2, -0.15) is 5.10 Å². The first kappa shape index (κ1) is 21.3. The van der Waals surface area contributed by atoms with Crippen molar-refractivity contribution in [2.45, 2.75) is 20.4 Å². The Morgan fingerprint density at radius 1 is 1.32 bits per heavy atom. The first-order valence-electron chi connectivity index (χ1n) is 7.35. The molecule has 0 aliphatic rings. The van der Waals surface area contributed by atoms with Gasteiger partial charge in [-0.05, 0) is 37.3 Å². The molecule has 2 heterocycles. The Kier molecular flexibility index (Phi) is 8.24. The highest BCUT2D eigenvalue weighted by molar-refractivity contribution is 7.80. The third-order valence-electron chi connectivity index (χ3n) is 2.83. The second-order valence-corrected chi connectivity index (χ2v) is 6.54. The maximum absolute atomic E-state index is 12.3. The van der Waals surface area contributed by atoms with Crippen molar-refractivity contribution < 1.29 is 4.79 Å². The number of halogens is 2. The van der Waals surface area contributed by atoms with E-state index in [4.69, 9.17) is 41.2 Å². The van der Waals surface area contributed by atoms with E-state index in [1.165, 1.54) is 7.05 Å². The molecule has 0 aromatic carbocycles. The van der Waals surface area contributed by atoms with E-state index in [1.54, 1.807) is 23.0 Å². The minimum absolute atomic E-state index is 0.108. The van der Waals surface area contributed by atoms with Crippen molar-refractivity contribution in [2.75, 3.05) is 7.05 Å². The molecule has 0 fully saturated rings. The van der Waals surface area contributed by atoms with Gasteiger partial charge in [0.2, 0.25) is 0 Å². The van der Waals surface area contributed by atoms with Crippen LogP contribution in [0, 0.1) is 5.92 Å². The fourth-order valence-corrected chi connectivity index (χ4v) is 2.60. The van der Waals surface area contributed by atoms with Gasteiger partial charge in [0.1, 0.15) is 16.0 Å². The zero-order chi connectivity index (χ0) is 19.1. The van der Waals surface area contributed by atoms with Gasteiger partial charge in [-0.15, -0.1) is 0 Å². The topological polar surface area (TPSA) is 112 Å². The minimum atomic E-state index is -0.438. The molecule has 7 nitrogen and oxygen atoms in total. The van der Waals surface area contributed by atoms with Gasteiger partial charge in [-0.25, -0.2) is 4.98 Å². The molecule has 0 unspecified atom stereocenters. The Hall–Kier alpha value is -1.74. The van der Waals surface area contributed by atoms with Crippen LogP contribution in [0.1, 0.15) is 24.2 Å². The molecular formula is C15H20Cl2N6OS. The number of nitrogens with zero attached hydrogens (tertiary/aromatic N) is 3. The average molecular weight is 403 g/mol. The molecule has 25 heavy (non-hydrogen) atoms. The van der Waals surface area contributed by atoms with Crippen molar-refractivity contribution in [3.63, 3.8) is 0 Å². The first-order chi connectivity index (χ1) is 11.8. The summed E-state index contributed by atoms with van der Waals surface area (Å²) in [7, 11) is 1.50. The Bertz CT molecular complexity index is 742.